The number of H-pyrrole nitrogens is 1. The van der Waals surface area contributed by atoms with E-state index < -0.39 is 0 Å². The fourth-order valence-electron chi connectivity index (χ4n) is 1.75. The first-order valence-electron chi connectivity index (χ1n) is 5.21. The monoisotopic (exact) mass is 222 g/mol. The predicted octanol–water partition coefficient (Wildman–Crippen LogP) is 2.97. The number of aromatic amines is 1. The molecule has 0 bridgehead atoms. The maximum atomic E-state index is 5.92. The molecule has 80 valence electrons. The van der Waals surface area contributed by atoms with Crippen LogP contribution in [0.15, 0.2) is 24.3 Å². The number of rotatable bonds is 4. The molecule has 0 amide bonds. The molecule has 0 saturated carbocycles. The number of hydrogen-bond acceptors (Lipinski definition) is 1. The summed E-state index contributed by atoms with van der Waals surface area (Å²) in [7, 11) is 1.98. The molecular formula is C12H15ClN2. The van der Waals surface area contributed by atoms with Crippen molar-refractivity contribution in [2.45, 2.75) is 12.8 Å². The van der Waals surface area contributed by atoms with Crippen LogP contribution in [0.2, 0.25) is 5.02 Å². The molecule has 0 aliphatic carbocycles. The van der Waals surface area contributed by atoms with E-state index in [1.54, 1.807) is 0 Å². The van der Waals surface area contributed by atoms with Crippen molar-refractivity contribution < 1.29 is 0 Å². The van der Waals surface area contributed by atoms with Crippen molar-refractivity contribution in [3.63, 3.8) is 0 Å². The number of aromatic nitrogens is 1. The fraction of sp³-hybridized carbons (Fsp3) is 0.333. The summed E-state index contributed by atoms with van der Waals surface area (Å²) < 4.78 is 0. The SMILES string of the molecule is CNCCCc1cc2ccc(Cl)cc2[nH]1. The van der Waals surface area contributed by atoms with Gasteiger partial charge in [0.15, 0.2) is 0 Å². The molecule has 3 heteroatoms. The van der Waals surface area contributed by atoms with E-state index in [-0.39, 0.29) is 0 Å². The molecule has 2 rings (SSSR count). The highest BCUT2D eigenvalue weighted by molar-refractivity contribution is 6.31. The zero-order valence-corrected chi connectivity index (χ0v) is 9.56. The quantitative estimate of drug-likeness (QED) is 0.765. The van der Waals surface area contributed by atoms with Crippen molar-refractivity contribution in [3.8, 4) is 0 Å². The highest BCUT2D eigenvalue weighted by Gasteiger charge is 2.00. The summed E-state index contributed by atoms with van der Waals surface area (Å²) in [4.78, 5) is 3.38. The molecule has 0 radical (unpaired) electrons. The first-order chi connectivity index (χ1) is 7.29. The van der Waals surface area contributed by atoms with E-state index >= 15 is 0 Å². The lowest BCUT2D eigenvalue weighted by Crippen LogP contribution is -2.08. The Labute approximate surface area is 94.6 Å². The summed E-state index contributed by atoms with van der Waals surface area (Å²) >= 11 is 5.92. The third-order valence-electron chi connectivity index (χ3n) is 2.51. The fourth-order valence-corrected chi connectivity index (χ4v) is 1.92. The second-order valence-electron chi connectivity index (χ2n) is 3.73. The molecule has 0 saturated heterocycles. The Bertz CT molecular complexity index is 448. The number of aryl methyl sites for hydroxylation is 1. The van der Waals surface area contributed by atoms with Gasteiger partial charge in [0.05, 0.1) is 0 Å². The van der Waals surface area contributed by atoms with Crippen molar-refractivity contribution in [2.24, 2.45) is 0 Å². The number of fused-ring (bicyclic) bond motifs is 1. The number of benzene rings is 1. The van der Waals surface area contributed by atoms with Gasteiger partial charge in [-0.3, -0.25) is 0 Å². The van der Waals surface area contributed by atoms with Crippen LogP contribution in [0.1, 0.15) is 12.1 Å². The zero-order chi connectivity index (χ0) is 10.7. The topological polar surface area (TPSA) is 27.8 Å². The van der Waals surface area contributed by atoms with Crippen LogP contribution in [0.3, 0.4) is 0 Å². The van der Waals surface area contributed by atoms with Gasteiger partial charge in [0, 0.05) is 16.2 Å². The number of hydrogen-bond donors (Lipinski definition) is 2. The van der Waals surface area contributed by atoms with Crippen LogP contribution in [-0.2, 0) is 6.42 Å². The maximum absolute atomic E-state index is 5.92. The third-order valence-corrected chi connectivity index (χ3v) is 2.75. The van der Waals surface area contributed by atoms with Crippen LogP contribution in [0, 0.1) is 0 Å². The Hall–Kier alpha value is -0.990. The predicted molar refractivity (Wildman–Crippen MR) is 65.6 cm³/mol. The molecule has 0 fully saturated rings. The minimum absolute atomic E-state index is 0.783. The van der Waals surface area contributed by atoms with E-state index in [1.807, 2.05) is 19.2 Å². The van der Waals surface area contributed by atoms with Gasteiger partial charge in [0.25, 0.3) is 0 Å². The van der Waals surface area contributed by atoms with Crippen LogP contribution in [0.4, 0.5) is 0 Å². The number of nitrogens with one attached hydrogen (secondary N) is 2. The summed E-state index contributed by atoms with van der Waals surface area (Å²) in [6.45, 7) is 1.05. The van der Waals surface area contributed by atoms with Crippen molar-refractivity contribution in [2.75, 3.05) is 13.6 Å². The van der Waals surface area contributed by atoms with Gasteiger partial charge in [-0.2, -0.15) is 0 Å². The van der Waals surface area contributed by atoms with Crippen LogP contribution in [0.5, 0.6) is 0 Å². The first-order valence-corrected chi connectivity index (χ1v) is 5.59. The Morgan fingerprint density at radius 1 is 1.33 bits per heavy atom. The largest absolute Gasteiger partial charge is 0.358 e. The van der Waals surface area contributed by atoms with Gasteiger partial charge in [0.1, 0.15) is 0 Å². The van der Waals surface area contributed by atoms with Gasteiger partial charge in [-0.1, -0.05) is 17.7 Å². The van der Waals surface area contributed by atoms with Crippen LogP contribution < -0.4 is 5.32 Å². The van der Waals surface area contributed by atoms with Crippen LogP contribution in [0.25, 0.3) is 10.9 Å². The van der Waals surface area contributed by atoms with Gasteiger partial charge in [0.2, 0.25) is 0 Å². The van der Waals surface area contributed by atoms with Gasteiger partial charge < -0.3 is 10.3 Å². The highest BCUT2D eigenvalue weighted by atomic mass is 35.5. The molecule has 15 heavy (non-hydrogen) atoms. The van der Waals surface area contributed by atoms with E-state index in [9.17, 15) is 0 Å². The molecule has 0 atom stereocenters. The Balaban J connectivity index is 2.16. The van der Waals surface area contributed by atoms with E-state index in [0.717, 1.165) is 29.9 Å². The van der Waals surface area contributed by atoms with Crippen molar-refractivity contribution in [1.29, 1.82) is 0 Å². The molecule has 0 spiro atoms. The summed E-state index contributed by atoms with van der Waals surface area (Å²) in [5.41, 5.74) is 2.41. The van der Waals surface area contributed by atoms with Crippen molar-refractivity contribution >= 4 is 22.5 Å². The van der Waals surface area contributed by atoms with Crippen molar-refractivity contribution in [1.82, 2.24) is 10.3 Å². The minimum Gasteiger partial charge on any atom is -0.358 e. The smallest absolute Gasteiger partial charge is 0.0471 e. The lowest BCUT2D eigenvalue weighted by atomic mass is 10.2. The maximum Gasteiger partial charge on any atom is 0.0471 e. The number of halogens is 1. The Morgan fingerprint density at radius 3 is 3.00 bits per heavy atom. The molecule has 1 aromatic carbocycles. The molecule has 2 N–H and O–H groups in total. The average molecular weight is 223 g/mol. The Morgan fingerprint density at radius 2 is 2.20 bits per heavy atom. The zero-order valence-electron chi connectivity index (χ0n) is 8.81. The molecule has 2 aromatic rings. The molecule has 2 nitrogen and oxygen atoms in total. The van der Waals surface area contributed by atoms with E-state index in [0.29, 0.717) is 0 Å². The van der Waals surface area contributed by atoms with Crippen molar-refractivity contribution in [3.05, 3.63) is 35.0 Å². The van der Waals surface area contributed by atoms with E-state index in [1.165, 1.54) is 11.1 Å². The summed E-state index contributed by atoms with van der Waals surface area (Å²) in [6, 6.07) is 8.14. The van der Waals surface area contributed by atoms with Gasteiger partial charge in [-0.15, -0.1) is 0 Å². The molecule has 0 aliphatic heterocycles. The van der Waals surface area contributed by atoms with E-state index in [2.05, 4.69) is 22.4 Å². The first kappa shape index (κ1) is 10.5. The second-order valence-corrected chi connectivity index (χ2v) is 4.17. The molecule has 0 unspecified atom stereocenters. The lowest BCUT2D eigenvalue weighted by molar-refractivity contribution is 0.718. The molecule has 1 heterocycles. The minimum atomic E-state index is 0.783. The lowest BCUT2D eigenvalue weighted by Gasteiger charge is -1.96. The summed E-state index contributed by atoms with van der Waals surface area (Å²) in [5.74, 6) is 0. The summed E-state index contributed by atoms with van der Waals surface area (Å²) in [6.07, 6.45) is 2.23. The van der Waals surface area contributed by atoms with Gasteiger partial charge >= 0.3 is 0 Å². The van der Waals surface area contributed by atoms with Crippen LogP contribution in [-0.4, -0.2) is 18.6 Å². The highest BCUT2D eigenvalue weighted by Crippen LogP contribution is 2.20. The molecule has 1 aromatic heterocycles. The molecule has 0 aliphatic rings. The molecular weight excluding hydrogens is 208 g/mol. The normalized spacial score (nSPS) is 11.1. The Kier molecular flexibility index (Phi) is 3.29. The summed E-state index contributed by atoms with van der Waals surface area (Å²) in [5, 5.41) is 5.16. The second kappa shape index (κ2) is 4.69. The van der Waals surface area contributed by atoms with Gasteiger partial charge in [-0.25, -0.2) is 0 Å². The third kappa shape index (κ3) is 2.52. The standard InChI is InChI=1S/C12H15ClN2/c1-14-6-2-3-11-7-9-4-5-10(13)8-12(9)15-11/h4-5,7-8,14-15H,2-3,6H2,1H3. The van der Waals surface area contributed by atoms with E-state index in [4.69, 9.17) is 11.6 Å². The van der Waals surface area contributed by atoms with Gasteiger partial charge in [-0.05, 0) is 50.0 Å². The van der Waals surface area contributed by atoms with Crippen LogP contribution >= 0.6 is 11.6 Å². The average Bonchev–Trinajstić information content (AvgIpc) is 2.60.